The van der Waals surface area contributed by atoms with Crippen molar-refractivity contribution in [2.45, 2.75) is 19.5 Å². The molecule has 3 rings (SSSR count). The van der Waals surface area contributed by atoms with Crippen molar-refractivity contribution in [2.24, 2.45) is 0 Å². The lowest BCUT2D eigenvalue weighted by molar-refractivity contribution is -0.142. The number of benzene rings is 1. The van der Waals surface area contributed by atoms with Gasteiger partial charge in [-0.25, -0.2) is 9.67 Å². The number of rotatable bonds is 2. The topological polar surface area (TPSA) is 56.7 Å². The van der Waals surface area contributed by atoms with Gasteiger partial charge in [-0.2, -0.15) is 18.3 Å². The molecule has 0 saturated carbocycles. The third kappa shape index (κ3) is 2.38. The molecule has 0 unspecified atom stereocenters. The van der Waals surface area contributed by atoms with Crippen LogP contribution in [0.25, 0.3) is 16.5 Å². The minimum absolute atomic E-state index is 0.274. The lowest BCUT2D eigenvalue weighted by Crippen LogP contribution is -2.13. The molecule has 0 radical (unpaired) electrons. The van der Waals surface area contributed by atoms with Crippen LogP contribution in [0.15, 0.2) is 36.5 Å². The van der Waals surface area contributed by atoms with Gasteiger partial charge in [0.15, 0.2) is 0 Å². The standard InChI is InChI=1S/C15H13F3N4/c1-2-10-7-13(15(16,17)18)22(21-10)11-4-3-9-5-6-20-14(19)12(9)8-11/h3-8H,2H2,1H3,(H2,19,20). The molecule has 0 fully saturated rings. The Morgan fingerprint density at radius 1 is 1.18 bits per heavy atom. The molecule has 2 N–H and O–H groups in total. The summed E-state index contributed by atoms with van der Waals surface area (Å²) in [7, 11) is 0. The highest BCUT2D eigenvalue weighted by atomic mass is 19.4. The summed E-state index contributed by atoms with van der Waals surface area (Å²) >= 11 is 0. The number of hydrogen-bond donors (Lipinski definition) is 1. The van der Waals surface area contributed by atoms with Crippen LogP contribution in [0.2, 0.25) is 0 Å². The number of anilines is 1. The fourth-order valence-corrected chi connectivity index (χ4v) is 2.31. The maximum Gasteiger partial charge on any atom is 0.433 e. The average Bonchev–Trinajstić information content (AvgIpc) is 2.92. The van der Waals surface area contributed by atoms with Gasteiger partial charge in [0.1, 0.15) is 11.5 Å². The lowest BCUT2D eigenvalue weighted by Gasteiger charge is -2.11. The lowest BCUT2D eigenvalue weighted by atomic mass is 10.1. The third-order valence-corrected chi connectivity index (χ3v) is 3.44. The molecule has 4 nitrogen and oxygen atoms in total. The van der Waals surface area contributed by atoms with Gasteiger partial charge in [-0.1, -0.05) is 13.0 Å². The van der Waals surface area contributed by atoms with Crippen molar-refractivity contribution >= 4 is 16.6 Å². The zero-order valence-corrected chi connectivity index (χ0v) is 11.7. The summed E-state index contributed by atoms with van der Waals surface area (Å²) in [6, 6.07) is 7.68. The molecule has 2 aromatic heterocycles. The van der Waals surface area contributed by atoms with Crippen molar-refractivity contribution in [3.63, 3.8) is 0 Å². The van der Waals surface area contributed by atoms with Gasteiger partial charge in [-0.15, -0.1) is 0 Å². The minimum atomic E-state index is -4.48. The van der Waals surface area contributed by atoms with E-state index in [1.54, 1.807) is 37.4 Å². The molecule has 0 amide bonds. The summed E-state index contributed by atoms with van der Waals surface area (Å²) < 4.78 is 40.4. The summed E-state index contributed by atoms with van der Waals surface area (Å²) in [5.74, 6) is 0.274. The Balaban J connectivity index is 2.23. The number of nitrogens with zero attached hydrogens (tertiary/aromatic N) is 3. The van der Waals surface area contributed by atoms with Gasteiger partial charge in [0.05, 0.1) is 11.4 Å². The van der Waals surface area contributed by atoms with E-state index in [4.69, 9.17) is 5.73 Å². The molecule has 7 heteroatoms. The maximum atomic E-state index is 13.2. The van der Waals surface area contributed by atoms with E-state index in [-0.39, 0.29) is 5.82 Å². The Morgan fingerprint density at radius 2 is 1.95 bits per heavy atom. The van der Waals surface area contributed by atoms with Gasteiger partial charge in [-0.05, 0) is 36.1 Å². The van der Waals surface area contributed by atoms with Crippen LogP contribution in [-0.2, 0) is 12.6 Å². The smallest absolute Gasteiger partial charge is 0.383 e. The quantitative estimate of drug-likeness (QED) is 0.787. The minimum Gasteiger partial charge on any atom is -0.383 e. The first-order valence-electron chi connectivity index (χ1n) is 6.71. The highest BCUT2D eigenvalue weighted by Crippen LogP contribution is 2.32. The van der Waals surface area contributed by atoms with E-state index < -0.39 is 11.9 Å². The van der Waals surface area contributed by atoms with Crippen molar-refractivity contribution in [1.82, 2.24) is 14.8 Å². The molecule has 0 saturated heterocycles. The highest BCUT2D eigenvalue weighted by Gasteiger charge is 2.36. The number of nitrogen functional groups attached to an aromatic ring is 1. The molecule has 1 aromatic carbocycles. The van der Waals surface area contributed by atoms with Crippen LogP contribution in [0.3, 0.4) is 0 Å². The fraction of sp³-hybridized carbons (Fsp3) is 0.200. The van der Waals surface area contributed by atoms with Crippen molar-refractivity contribution < 1.29 is 13.2 Å². The number of halogens is 3. The first-order chi connectivity index (χ1) is 10.4. The van der Waals surface area contributed by atoms with E-state index in [2.05, 4.69) is 10.1 Å². The van der Waals surface area contributed by atoms with Gasteiger partial charge < -0.3 is 5.73 Å². The zero-order chi connectivity index (χ0) is 15.9. The first-order valence-corrected chi connectivity index (χ1v) is 6.71. The van der Waals surface area contributed by atoms with E-state index >= 15 is 0 Å². The molecule has 0 spiro atoms. The first kappa shape index (κ1) is 14.4. The average molecular weight is 306 g/mol. The van der Waals surface area contributed by atoms with Gasteiger partial charge >= 0.3 is 6.18 Å². The molecule has 0 atom stereocenters. The molecule has 0 aliphatic heterocycles. The molecule has 2 heterocycles. The second kappa shape index (κ2) is 5.01. The number of nitrogens with two attached hydrogens (primary N) is 1. The maximum absolute atomic E-state index is 13.2. The number of hydrogen-bond acceptors (Lipinski definition) is 3. The van der Waals surface area contributed by atoms with Gasteiger partial charge in [0.2, 0.25) is 0 Å². The van der Waals surface area contributed by atoms with Crippen molar-refractivity contribution in [3.8, 4) is 5.69 Å². The van der Waals surface area contributed by atoms with Crippen LogP contribution in [0.5, 0.6) is 0 Å². The number of pyridine rings is 1. The number of fused-ring (bicyclic) bond motifs is 1. The Labute approximate surface area is 124 Å². The highest BCUT2D eigenvalue weighted by molar-refractivity contribution is 5.92. The Bertz CT molecular complexity index is 836. The molecule has 0 bridgehead atoms. The van der Waals surface area contributed by atoms with Crippen LogP contribution in [-0.4, -0.2) is 14.8 Å². The summed E-state index contributed by atoms with van der Waals surface area (Å²) in [6.45, 7) is 1.76. The molecule has 0 aliphatic rings. The van der Waals surface area contributed by atoms with Crippen LogP contribution in [0, 0.1) is 0 Å². The van der Waals surface area contributed by atoms with Gasteiger partial charge in [0.25, 0.3) is 0 Å². The fourth-order valence-electron chi connectivity index (χ4n) is 2.31. The van der Waals surface area contributed by atoms with Crippen molar-refractivity contribution in [1.29, 1.82) is 0 Å². The second-order valence-corrected chi connectivity index (χ2v) is 4.89. The molecule has 3 aromatic rings. The van der Waals surface area contributed by atoms with E-state index in [0.717, 1.165) is 16.1 Å². The second-order valence-electron chi connectivity index (χ2n) is 4.89. The van der Waals surface area contributed by atoms with Crippen LogP contribution >= 0.6 is 0 Å². The molecule has 22 heavy (non-hydrogen) atoms. The van der Waals surface area contributed by atoms with Crippen LogP contribution in [0.1, 0.15) is 18.3 Å². The summed E-state index contributed by atoms with van der Waals surface area (Å²) in [5, 5.41) is 5.45. The number of aromatic nitrogens is 3. The molecular formula is C15H13F3N4. The zero-order valence-electron chi connectivity index (χ0n) is 11.7. The summed E-state index contributed by atoms with van der Waals surface area (Å²) in [6.07, 6.45) is -2.50. The number of alkyl halides is 3. The van der Waals surface area contributed by atoms with Crippen LogP contribution < -0.4 is 5.73 Å². The van der Waals surface area contributed by atoms with Crippen molar-refractivity contribution in [2.75, 3.05) is 5.73 Å². The third-order valence-electron chi connectivity index (χ3n) is 3.44. The monoisotopic (exact) mass is 306 g/mol. The van der Waals surface area contributed by atoms with E-state index in [1.165, 1.54) is 0 Å². The SMILES string of the molecule is CCc1cc(C(F)(F)F)n(-c2ccc3ccnc(N)c3c2)n1. The van der Waals surface area contributed by atoms with E-state index in [0.29, 0.717) is 23.2 Å². The van der Waals surface area contributed by atoms with Gasteiger partial charge in [0, 0.05) is 11.6 Å². The van der Waals surface area contributed by atoms with Gasteiger partial charge in [-0.3, -0.25) is 0 Å². The molecule has 114 valence electrons. The molecule has 0 aliphatic carbocycles. The predicted molar refractivity (Wildman–Crippen MR) is 77.7 cm³/mol. The van der Waals surface area contributed by atoms with Crippen molar-refractivity contribution in [3.05, 3.63) is 47.9 Å². The van der Waals surface area contributed by atoms with Crippen LogP contribution in [0.4, 0.5) is 19.0 Å². The molecular weight excluding hydrogens is 293 g/mol. The van der Waals surface area contributed by atoms with E-state index in [9.17, 15) is 13.2 Å². The normalized spacial score (nSPS) is 12.0. The Kier molecular flexibility index (Phi) is 3.27. The van der Waals surface area contributed by atoms with E-state index in [1.807, 2.05) is 0 Å². The predicted octanol–water partition coefficient (Wildman–Crippen LogP) is 3.58. The largest absolute Gasteiger partial charge is 0.433 e. The Morgan fingerprint density at radius 3 is 2.64 bits per heavy atom. The Hall–Kier alpha value is -2.57. The number of aryl methyl sites for hydroxylation is 1. The summed E-state index contributed by atoms with van der Waals surface area (Å²) in [4.78, 5) is 3.96. The summed E-state index contributed by atoms with van der Waals surface area (Å²) in [5.41, 5.74) is 5.68.